The van der Waals surface area contributed by atoms with Gasteiger partial charge in [-0.05, 0) is 86.6 Å². The molecule has 3 nitrogen and oxygen atoms in total. The van der Waals surface area contributed by atoms with Crippen LogP contribution in [0.3, 0.4) is 0 Å². The van der Waals surface area contributed by atoms with Gasteiger partial charge in [0, 0.05) is 12.5 Å². The third-order valence-electron chi connectivity index (χ3n) is 10.2. The molecule has 0 unspecified atom stereocenters. The van der Waals surface area contributed by atoms with Gasteiger partial charge in [-0.25, -0.2) is 0 Å². The Morgan fingerprint density at radius 3 is 2.18 bits per heavy atom. The van der Waals surface area contributed by atoms with E-state index < -0.39 is 16.6 Å². The molecule has 0 aromatic carbocycles. The highest BCUT2D eigenvalue weighted by atomic mass is 28.4. The molecule has 2 aliphatic carbocycles. The Morgan fingerprint density at radius 2 is 1.61 bits per heavy atom. The molecular weight excluding hydrogens is 501 g/mol. The molecule has 1 fully saturated rings. The smallest absolute Gasteiger partial charge is 0.192 e. The first-order valence-electron chi connectivity index (χ1n) is 15.9. The van der Waals surface area contributed by atoms with Gasteiger partial charge in [0.15, 0.2) is 16.6 Å². The zero-order valence-electron chi connectivity index (χ0n) is 27.2. The van der Waals surface area contributed by atoms with E-state index in [1.165, 1.54) is 38.5 Å². The molecule has 2 rings (SSSR count). The SMILES string of the molecule is CCCCC[C@@H](C=C[C@H]1[C@H]2CC(CCCCCO)=C[C@H]2C[C@H]1O[Si](C)(C)C(C)(C)C)O[Si](C)(C)C(C)(C)C. The average Bonchev–Trinajstić information content (AvgIpc) is 3.30. The van der Waals surface area contributed by atoms with Crippen LogP contribution in [0.4, 0.5) is 0 Å². The molecule has 0 saturated heterocycles. The van der Waals surface area contributed by atoms with Crippen LogP contribution in [-0.4, -0.2) is 40.6 Å². The van der Waals surface area contributed by atoms with Crippen molar-refractivity contribution in [3.63, 3.8) is 0 Å². The summed E-state index contributed by atoms with van der Waals surface area (Å²) in [5.41, 5.74) is 1.65. The highest BCUT2D eigenvalue weighted by molar-refractivity contribution is 6.74. The number of hydrogen-bond acceptors (Lipinski definition) is 3. The first-order valence-corrected chi connectivity index (χ1v) is 21.7. The lowest BCUT2D eigenvalue weighted by molar-refractivity contribution is 0.147. The van der Waals surface area contributed by atoms with E-state index in [2.05, 4.69) is 92.9 Å². The van der Waals surface area contributed by atoms with Crippen LogP contribution in [0.2, 0.25) is 36.3 Å². The summed E-state index contributed by atoms with van der Waals surface area (Å²) in [7, 11) is -3.70. The lowest BCUT2D eigenvalue weighted by Gasteiger charge is -2.40. The van der Waals surface area contributed by atoms with Gasteiger partial charge in [0.25, 0.3) is 0 Å². The molecular formula is C33H64O3Si2. The zero-order chi connectivity index (χ0) is 28.8. The molecule has 5 heteroatoms. The highest BCUT2D eigenvalue weighted by Gasteiger charge is 2.48. The molecule has 0 heterocycles. The molecule has 1 saturated carbocycles. The topological polar surface area (TPSA) is 38.7 Å². The van der Waals surface area contributed by atoms with Crippen LogP contribution >= 0.6 is 0 Å². The van der Waals surface area contributed by atoms with Crippen molar-refractivity contribution in [1.82, 2.24) is 0 Å². The highest BCUT2D eigenvalue weighted by Crippen LogP contribution is 2.51. The maximum atomic E-state index is 9.15. The second kappa shape index (κ2) is 14.1. The third-order valence-corrected chi connectivity index (χ3v) is 19.2. The van der Waals surface area contributed by atoms with Crippen molar-refractivity contribution in [3.8, 4) is 0 Å². The Morgan fingerprint density at radius 1 is 0.947 bits per heavy atom. The summed E-state index contributed by atoms with van der Waals surface area (Å²) in [6.07, 6.45) is 19.9. The first kappa shape index (κ1) is 34.0. The van der Waals surface area contributed by atoms with Gasteiger partial charge in [0.2, 0.25) is 0 Å². The van der Waals surface area contributed by atoms with Crippen molar-refractivity contribution in [2.24, 2.45) is 17.8 Å². The number of rotatable bonds is 15. The van der Waals surface area contributed by atoms with E-state index in [9.17, 15) is 0 Å². The quantitative estimate of drug-likeness (QED) is 0.122. The summed E-state index contributed by atoms with van der Waals surface area (Å²) in [6.45, 7) is 26.4. The molecule has 0 spiro atoms. The van der Waals surface area contributed by atoms with E-state index in [1.807, 2.05) is 0 Å². The number of aliphatic hydroxyl groups is 1. The van der Waals surface area contributed by atoms with Gasteiger partial charge in [-0.15, -0.1) is 0 Å². The van der Waals surface area contributed by atoms with E-state index >= 15 is 0 Å². The fourth-order valence-corrected chi connectivity index (χ4v) is 8.36. The summed E-state index contributed by atoms with van der Waals surface area (Å²) in [5.74, 6) is 1.78. The lowest BCUT2D eigenvalue weighted by Crippen LogP contribution is -2.45. The lowest BCUT2D eigenvalue weighted by atomic mass is 9.88. The maximum absolute atomic E-state index is 9.15. The van der Waals surface area contributed by atoms with Gasteiger partial charge >= 0.3 is 0 Å². The zero-order valence-corrected chi connectivity index (χ0v) is 29.2. The van der Waals surface area contributed by atoms with Crippen LogP contribution in [0, 0.1) is 17.8 Å². The van der Waals surface area contributed by atoms with E-state index in [0.29, 0.717) is 30.5 Å². The predicted molar refractivity (Wildman–Crippen MR) is 171 cm³/mol. The minimum absolute atomic E-state index is 0.210. The van der Waals surface area contributed by atoms with Crippen molar-refractivity contribution in [3.05, 3.63) is 23.8 Å². The van der Waals surface area contributed by atoms with Gasteiger partial charge in [-0.1, -0.05) is 98.0 Å². The number of aliphatic hydroxyl groups excluding tert-OH is 1. The van der Waals surface area contributed by atoms with Gasteiger partial charge < -0.3 is 14.0 Å². The molecule has 5 atom stereocenters. The molecule has 38 heavy (non-hydrogen) atoms. The van der Waals surface area contributed by atoms with E-state index in [4.69, 9.17) is 14.0 Å². The van der Waals surface area contributed by atoms with Crippen LogP contribution < -0.4 is 0 Å². The Hall–Kier alpha value is -0.206. The Labute approximate surface area is 239 Å². The van der Waals surface area contributed by atoms with Crippen molar-refractivity contribution in [2.75, 3.05) is 6.61 Å². The summed E-state index contributed by atoms with van der Waals surface area (Å²) in [6, 6.07) is 0. The molecule has 222 valence electrons. The Balaban J connectivity index is 2.26. The van der Waals surface area contributed by atoms with Crippen molar-refractivity contribution >= 4 is 16.6 Å². The largest absolute Gasteiger partial charge is 0.413 e. The third kappa shape index (κ3) is 9.43. The summed E-state index contributed by atoms with van der Waals surface area (Å²) in [4.78, 5) is 0. The molecule has 0 bridgehead atoms. The minimum atomic E-state index is -1.85. The van der Waals surface area contributed by atoms with Gasteiger partial charge in [0.1, 0.15) is 0 Å². The normalized spacial score (nSPS) is 25.7. The summed E-state index contributed by atoms with van der Waals surface area (Å²) >= 11 is 0. The predicted octanol–water partition coefficient (Wildman–Crippen LogP) is 10.0. The maximum Gasteiger partial charge on any atom is 0.192 e. The molecule has 0 aliphatic heterocycles. The van der Waals surface area contributed by atoms with E-state index in [-0.39, 0.29) is 16.2 Å². The van der Waals surface area contributed by atoms with Crippen LogP contribution in [0.15, 0.2) is 23.8 Å². The van der Waals surface area contributed by atoms with Gasteiger partial charge in [0.05, 0.1) is 12.2 Å². The fraction of sp³-hybridized carbons (Fsp3) is 0.879. The summed E-state index contributed by atoms with van der Waals surface area (Å²) in [5, 5.41) is 9.59. The van der Waals surface area contributed by atoms with Crippen molar-refractivity contribution < 1.29 is 14.0 Å². The van der Waals surface area contributed by atoms with Crippen LogP contribution in [0.5, 0.6) is 0 Å². The van der Waals surface area contributed by atoms with Gasteiger partial charge in [-0.2, -0.15) is 0 Å². The fourth-order valence-electron chi connectivity index (χ4n) is 5.69. The second-order valence-corrected chi connectivity index (χ2v) is 24.9. The van der Waals surface area contributed by atoms with Crippen molar-refractivity contribution in [2.45, 2.75) is 161 Å². The number of hydrogen-bond donors (Lipinski definition) is 1. The average molecular weight is 565 g/mol. The number of fused-ring (bicyclic) bond motifs is 1. The minimum Gasteiger partial charge on any atom is -0.413 e. The second-order valence-electron chi connectivity index (χ2n) is 15.4. The molecule has 0 aromatic heterocycles. The first-order chi connectivity index (χ1) is 17.5. The number of unbranched alkanes of at least 4 members (excludes halogenated alkanes) is 4. The van der Waals surface area contributed by atoms with E-state index in [0.717, 1.165) is 25.7 Å². The molecule has 0 radical (unpaired) electrons. The monoisotopic (exact) mass is 564 g/mol. The summed E-state index contributed by atoms with van der Waals surface area (Å²) < 4.78 is 14.1. The Kier molecular flexibility index (Phi) is 12.6. The van der Waals surface area contributed by atoms with Crippen LogP contribution in [-0.2, 0) is 8.85 Å². The molecule has 0 amide bonds. The van der Waals surface area contributed by atoms with Crippen LogP contribution in [0.1, 0.15) is 113 Å². The molecule has 2 aliphatic rings. The van der Waals surface area contributed by atoms with Gasteiger partial charge in [-0.3, -0.25) is 0 Å². The van der Waals surface area contributed by atoms with Crippen molar-refractivity contribution in [1.29, 1.82) is 0 Å². The molecule has 1 N–H and O–H groups in total. The van der Waals surface area contributed by atoms with Crippen LogP contribution in [0.25, 0.3) is 0 Å². The van der Waals surface area contributed by atoms with E-state index in [1.54, 1.807) is 5.57 Å². The molecule has 0 aromatic rings. The standard InChI is InChI=1S/C33H64O3Si2/c1-12-13-15-19-28(35-37(8,9)32(2,3)4)20-21-29-30-24-26(18-16-14-17-22-34)23-27(30)25-31(29)36-38(10,11)33(5,6)7/h20-21,23,27-31,34H,12-19,22,24-25H2,1-11H3/t27-,28-,29-,30-,31+/m0/s1. The Bertz CT molecular complexity index is 772. The number of allylic oxidation sites excluding steroid dienone is 2.